The minimum atomic E-state index is 0. The molecule has 2 N–H and O–H groups in total. The Morgan fingerprint density at radius 3 is 2.87 bits per heavy atom. The number of nitrogens with one attached hydrogen (secondary N) is 2. The average Bonchev–Trinajstić information content (AvgIpc) is 3.35. The molecule has 0 aliphatic heterocycles. The van der Waals surface area contributed by atoms with Gasteiger partial charge in [-0.2, -0.15) is 0 Å². The largest absolute Gasteiger partial charge is 0.477 e. The Bertz CT molecular complexity index is 491. The van der Waals surface area contributed by atoms with E-state index in [0.29, 0.717) is 18.5 Å². The molecular weight excluding hydrogens is 403 g/mol. The molecule has 1 aliphatic rings. The summed E-state index contributed by atoms with van der Waals surface area (Å²) in [4.78, 5) is 8.89. The highest BCUT2D eigenvalue weighted by Gasteiger charge is 2.22. The van der Waals surface area contributed by atoms with Gasteiger partial charge in [0.05, 0.1) is 13.2 Å². The number of nitrogens with zero attached hydrogens (tertiary/aromatic N) is 2. The number of pyridine rings is 1. The number of hydrogen-bond acceptors (Lipinski definition) is 3. The molecule has 0 radical (unpaired) electrons. The van der Waals surface area contributed by atoms with Gasteiger partial charge in [-0.05, 0) is 50.7 Å². The fourth-order valence-electron chi connectivity index (χ4n) is 1.94. The third kappa shape index (κ3) is 7.85. The van der Waals surface area contributed by atoms with Gasteiger partial charge in [-0.3, -0.25) is 0 Å². The molecule has 1 saturated carbocycles. The summed E-state index contributed by atoms with van der Waals surface area (Å²) in [7, 11) is 0. The maximum absolute atomic E-state index is 5.72. The summed E-state index contributed by atoms with van der Waals surface area (Å²) in [5.41, 5.74) is 1.11. The molecule has 2 rings (SSSR count). The second-order valence-electron chi connectivity index (χ2n) is 5.91. The fraction of sp³-hybridized carbons (Fsp3) is 0.647. The van der Waals surface area contributed by atoms with E-state index in [4.69, 9.17) is 4.74 Å². The number of aliphatic imine (C=N–C) groups is 1. The Balaban J connectivity index is 0.00000264. The van der Waals surface area contributed by atoms with E-state index in [1.165, 1.54) is 12.8 Å². The third-order valence-corrected chi connectivity index (χ3v) is 3.72. The van der Waals surface area contributed by atoms with Gasteiger partial charge in [0.2, 0.25) is 5.88 Å². The lowest BCUT2D eigenvalue weighted by Crippen LogP contribution is -2.41. The number of rotatable bonds is 8. The molecule has 0 aromatic carbocycles. The van der Waals surface area contributed by atoms with Crippen molar-refractivity contribution in [2.75, 3.05) is 13.2 Å². The first-order valence-electron chi connectivity index (χ1n) is 8.33. The molecule has 130 valence electrons. The lowest BCUT2D eigenvalue weighted by atomic mass is 10.2. The quantitative estimate of drug-likeness (QED) is 0.376. The summed E-state index contributed by atoms with van der Waals surface area (Å²) in [5.74, 6) is 2.30. The molecule has 0 spiro atoms. The molecule has 0 amide bonds. The monoisotopic (exact) mass is 432 g/mol. The van der Waals surface area contributed by atoms with E-state index in [1.807, 2.05) is 12.1 Å². The lowest BCUT2D eigenvalue weighted by Gasteiger charge is -2.16. The fourth-order valence-corrected chi connectivity index (χ4v) is 1.94. The third-order valence-electron chi connectivity index (χ3n) is 3.72. The van der Waals surface area contributed by atoms with Crippen LogP contribution in [0.15, 0.2) is 23.3 Å². The van der Waals surface area contributed by atoms with E-state index in [-0.39, 0.29) is 24.0 Å². The highest BCUT2D eigenvalue weighted by Crippen LogP contribution is 2.29. The maximum Gasteiger partial charge on any atom is 0.213 e. The van der Waals surface area contributed by atoms with Gasteiger partial charge in [0.25, 0.3) is 0 Å². The molecular formula is C17H29IN4O. The smallest absolute Gasteiger partial charge is 0.213 e. The predicted molar refractivity (Wildman–Crippen MR) is 106 cm³/mol. The summed E-state index contributed by atoms with van der Waals surface area (Å²) in [5, 5.41) is 6.67. The van der Waals surface area contributed by atoms with Crippen LogP contribution in [0.25, 0.3) is 0 Å². The van der Waals surface area contributed by atoms with Gasteiger partial charge in [-0.25, -0.2) is 9.98 Å². The van der Waals surface area contributed by atoms with Crippen molar-refractivity contribution in [2.24, 2.45) is 10.9 Å². The van der Waals surface area contributed by atoms with Crippen LogP contribution in [0.4, 0.5) is 0 Å². The van der Waals surface area contributed by atoms with E-state index in [1.54, 1.807) is 6.20 Å². The van der Waals surface area contributed by atoms with E-state index in [0.717, 1.165) is 37.0 Å². The van der Waals surface area contributed by atoms with Crippen LogP contribution in [-0.4, -0.2) is 30.1 Å². The van der Waals surface area contributed by atoms with Gasteiger partial charge < -0.3 is 15.4 Å². The summed E-state index contributed by atoms with van der Waals surface area (Å²) >= 11 is 0. The number of guanidine groups is 1. The van der Waals surface area contributed by atoms with Crippen LogP contribution in [0.5, 0.6) is 5.88 Å². The second-order valence-corrected chi connectivity index (χ2v) is 5.91. The van der Waals surface area contributed by atoms with Crippen LogP contribution in [0.2, 0.25) is 0 Å². The molecule has 0 bridgehead atoms. The molecule has 6 heteroatoms. The van der Waals surface area contributed by atoms with Crippen molar-refractivity contribution in [3.8, 4) is 5.88 Å². The minimum Gasteiger partial charge on any atom is -0.477 e. The number of ether oxygens (including phenoxy) is 1. The molecule has 1 unspecified atom stereocenters. The molecule has 0 saturated heterocycles. The van der Waals surface area contributed by atoms with Crippen molar-refractivity contribution in [3.05, 3.63) is 23.9 Å². The van der Waals surface area contributed by atoms with Crippen molar-refractivity contribution >= 4 is 29.9 Å². The lowest BCUT2D eigenvalue weighted by molar-refractivity contribution is 0.288. The number of aromatic nitrogens is 1. The summed E-state index contributed by atoms with van der Waals surface area (Å²) < 4.78 is 5.72. The van der Waals surface area contributed by atoms with Gasteiger partial charge in [0.15, 0.2) is 5.96 Å². The van der Waals surface area contributed by atoms with Crippen molar-refractivity contribution < 1.29 is 4.74 Å². The molecule has 23 heavy (non-hydrogen) atoms. The molecule has 1 fully saturated rings. The van der Waals surface area contributed by atoms with Crippen LogP contribution >= 0.6 is 24.0 Å². The predicted octanol–water partition coefficient (Wildman–Crippen LogP) is 3.34. The van der Waals surface area contributed by atoms with Gasteiger partial charge in [-0.1, -0.05) is 6.92 Å². The number of halogens is 1. The Labute approximate surface area is 156 Å². The SMILES string of the molecule is CCNC(=NCc1ccnc(OCC2CC2)c1)NC(C)CC.I. The Morgan fingerprint density at radius 1 is 1.43 bits per heavy atom. The highest BCUT2D eigenvalue weighted by molar-refractivity contribution is 14.0. The summed E-state index contributed by atoms with van der Waals surface area (Å²) in [6.07, 6.45) is 5.44. The Kier molecular flexibility index (Phi) is 9.28. The van der Waals surface area contributed by atoms with Crippen molar-refractivity contribution in [1.82, 2.24) is 15.6 Å². The zero-order valence-electron chi connectivity index (χ0n) is 14.3. The minimum absolute atomic E-state index is 0. The molecule has 1 heterocycles. The van der Waals surface area contributed by atoms with Crippen LogP contribution in [0, 0.1) is 5.92 Å². The first-order valence-corrected chi connectivity index (χ1v) is 8.33. The normalized spacial score (nSPS) is 15.5. The zero-order valence-corrected chi connectivity index (χ0v) is 16.7. The van der Waals surface area contributed by atoms with Crippen molar-refractivity contribution in [2.45, 2.75) is 52.6 Å². The van der Waals surface area contributed by atoms with E-state index < -0.39 is 0 Å². The Hall–Kier alpha value is -1.05. The van der Waals surface area contributed by atoms with Crippen LogP contribution in [-0.2, 0) is 6.54 Å². The second kappa shape index (κ2) is 10.7. The van der Waals surface area contributed by atoms with Crippen LogP contribution < -0.4 is 15.4 Å². The zero-order chi connectivity index (χ0) is 15.8. The molecule has 1 aromatic heterocycles. The van der Waals surface area contributed by atoms with Gasteiger partial charge in [0.1, 0.15) is 0 Å². The van der Waals surface area contributed by atoms with Gasteiger partial charge >= 0.3 is 0 Å². The highest BCUT2D eigenvalue weighted by atomic mass is 127. The summed E-state index contributed by atoms with van der Waals surface area (Å²) in [6.45, 7) is 8.65. The first kappa shape index (κ1) is 20.0. The average molecular weight is 432 g/mol. The van der Waals surface area contributed by atoms with Crippen molar-refractivity contribution in [3.63, 3.8) is 0 Å². The Morgan fingerprint density at radius 2 is 2.22 bits per heavy atom. The van der Waals surface area contributed by atoms with E-state index in [9.17, 15) is 0 Å². The molecule has 1 aliphatic carbocycles. The molecule has 1 aromatic rings. The van der Waals surface area contributed by atoms with Crippen LogP contribution in [0.1, 0.15) is 45.6 Å². The maximum atomic E-state index is 5.72. The van der Waals surface area contributed by atoms with Crippen molar-refractivity contribution in [1.29, 1.82) is 0 Å². The van der Waals surface area contributed by atoms with E-state index in [2.05, 4.69) is 41.4 Å². The topological polar surface area (TPSA) is 58.5 Å². The van der Waals surface area contributed by atoms with E-state index >= 15 is 0 Å². The van der Waals surface area contributed by atoms with Crippen LogP contribution in [0.3, 0.4) is 0 Å². The van der Waals surface area contributed by atoms with Gasteiger partial charge in [-0.15, -0.1) is 24.0 Å². The number of hydrogen-bond donors (Lipinski definition) is 2. The van der Waals surface area contributed by atoms with Gasteiger partial charge in [0, 0.05) is 24.8 Å². The first-order chi connectivity index (χ1) is 10.7. The molecule has 5 nitrogen and oxygen atoms in total. The molecule has 1 atom stereocenters. The standard InChI is InChI=1S/C17H28N4O.HI/c1-4-13(3)21-17(18-5-2)20-11-15-8-9-19-16(10-15)22-12-14-6-7-14;/h8-10,13-14H,4-7,11-12H2,1-3H3,(H2,18,20,21);1H. The summed E-state index contributed by atoms with van der Waals surface area (Å²) in [6, 6.07) is 4.38.